The molecule has 1 aliphatic carbocycles. The smallest absolute Gasteiger partial charge is 0.322 e. The van der Waals surface area contributed by atoms with Crippen molar-refractivity contribution in [3.63, 3.8) is 0 Å². The van der Waals surface area contributed by atoms with Gasteiger partial charge in [0.2, 0.25) is 0 Å². The molecule has 0 aliphatic heterocycles. The summed E-state index contributed by atoms with van der Waals surface area (Å²) in [5.74, 6) is -0.111. The van der Waals surface area contributed by atoms with Crippen LogP contribution >= 0.6 is 0 Å². The molecule has 0 radical (unpaired) electrons. The number of carbonyl (C=O) groups is 1. The second-order valence-electron chi connectivity index (χ2n) is 4.04. The molecule has 1 saturated carbocycles. The van der Waals surface area contributed by atoms with Crippen molar-refractivity contribution in [2.75, 3.05) is 6.61 Å². The third-order valence-corrected chi connectivity index (χ3v) is 2.56. The zero-order valence-electron chi connectivity index (χ0n) is 9.17. The molecule has 3 rings (SSSR count). The van der Waals surface area contributed by atoms with E-state index in [0.29, 0.717) is 17.7 Å². The van der Waals surface area contributed by atoms with Gasteiger partial charge in [0, 0.05) is 12.2 Å². The molecular weight excluding hydrogens is 220 g/mol. The Morgan fingerprint density at radius 1 is 1.47 bits per heavy atom. The Morgan fingerprint density at radius 3 is 3.18 bits per heavy atom. The molecular formula is C11H12N4O2. The molecule has 0 unspecified atom stereocenters. The lowest BCUT2D eigenvalue weighted by Gasteiger charge is -2.04. The molecule has 6 nitrogen and oxygen atoms in total. The summed E-state index contributed by atoms with van der Waals surface area (Å²) in [6.07, 6.45) is 3.93. The summed E-state index contributed by atoms with van der Waals surface area (Å²) in [5, 5.41) is 10.6. The van der Waals surface area contributed by atoms with Crippen LogP contribution in [0.4, 0.5) is 0 Å². The maximum Gasteiger partial charge on any atom is 0.322 e. The van der Waals surface area contributed by atoms with E-state index in [9.17, 15) is 4.79 Å². The van der Waals surface area contributed by atoms with Crippen LogP contribution in [0.2, 0.25) is 0 Å². The van der Waals surface area contributed by atoms with Gasteiger partial charge >= 0.3 is 6.01 Å². The highest BCUT2D eigenvalue weighted by molar-refractivity contribution is 5.78. The van der Waals surface area contributed by atoms with Crippen molar-refractivity contribution in [1.82, 2.24) is 19.9 Å². The Labute approximate surface area is 97.6 Å². The van der Waals surface area contributed by atoms with Gasteiger partial charge in [-0.05, 0) is 25.0 Å². The van der Waals surface area contributed by atoms with Crippen LogP contribution in [-0.4, -0.2) is 33.2 Å². The van der Waals surface area contributed by atoms with Crippen LogP contribution in [0.15, 0.2) is 24.4 Å². The number of fused-ring (bicyclic) bond motifs is 1. The van der Waals surface area contributed by atoms with Gasteiger partial charge in [0.15, 0.2) is 12.3 Å². The Morgan fingerprint density at radius 2 is 2.35 bits per heavy atom. The second kappa shape index (κ2) is 4.04. The zero-order chi connectivity index (χ0) is 11.7. The van der Waals surface area contributed by atoms with Crippen LogP contribution in [0.3, 0.4) is 0 Å². The van der Waals surface area contributed by atoms with Crippen molar-refractivity contribution in [3.8, 4) is 6.01 Å². The fourth-order valence-electron chi connectivity index (χ4n) is 1.55. The zero-order valence-corrected chi connectivity index (χ0v) is 9.17. The first-order valence-corrected chi connectivity index (χ1v) is 5.55. The third-order valence-electron chi connectivity index (χ3n) is 2.56. The molecule has 88 valence electrons. The minimum absolute atomic E-state index is 0.0216. The van der Waals surface area contributed by atoms with Gasteiger partial charge in [0.05, 0.1) is 0 Å². The van der Waals surface area contributed by atoms with Gasteiger partial charge in [0.1, 0.15) is 0 Å². The summed E-state index contributed by atoms with van der Waals surface area (Å²) in [5.41, 5.74) is 0.699. The molecule has 0 spiro atoms. The van der Waals surface area contributed by atoms with Crippen molar-refractivity contribution >= 4 is 11.6 Å². The molecule has 2 heterocycles. The Balaban J connectivity index is 1.65. The molecule has 0 bridgehead atoms. The predicted octanol–water partition coefficient (Wildman–Crippen LogP) is 0.387. The average molecular weight is 232 g/mol. The van der Waals surface area contributed by atoms with E-state index in [2.05, 4.69) is 15.5 Å². The highest BCUT2D eigenvalue weighted by Gasteiger charge is 2.23. The molecule has 0 atom stereocenters. The lowest BCUT2D eigenvalue weighted by atomic mass is 10.5. The minimum Gasteiger partial charge on any atom is -0.453 e. The molecule has 2 aromatic heterocycles. The van der Waals surface area contributed by atoms with Gasteiger partial charge in [-0.2, -0.15) is 0 Å². The minimum atomic E-state index is -0.111. The summed E-state index contributed by atoms with van der Waals surface area (Å²) in [7, 11) is 0. The first kappa shape index (κ1) is 10.1. The maximum atomic E-state index is 11.4. The quantitative estimate of drug-likeness (QED) is 0.827. The standard InChI is InChI=1S/C11H12N4O2/c16-10(12-8-4-5-8)7-17-11-14-13-9-3-1-2-6-15(9)11/h1-3,6,8H,4-5,7H2,(H,12,16). The van der Waals surface area contributed by atoms with E-state index in [1.165, 1.54) is 0 Å². The van der Waals surface area contributed by atoms with Crippen LogP contribution in [0, 0.1) is 0 Å². The van der Waals surface area contributed by atoms with Gasteiger partial charge in [-0.15, -0.1) is 5.10 Å². The van der Waals surface area contributed by atoms with Crippen LogP contribution in [0.5, 0.6) is 6.01 Å². The number of hydrogen-bond donors (Lipinski definition) is 1. The molecule has 1 amide bonds. The first-order valence-electron chi connectivity index (χ1n) is 5.55. The fourth-order valence-corrected chi connectivity index (χ4v) is 1.55. The summed E-state index contributed by atoms with van der Waals surface area (Å²) in [6, 6.07) is 6.23. The SMILES string of the molecule is O=C(COc1nnc2ccccn12)NC1CC1. The number of ether oxygens (including phenoxy) is 1. The molecule has 2 aromatic rings. The summed E-state index contributed by atoms with van der Waals surface area (Å²) in [4.78, 5) is 11.4. The molecule has 1 fully saturated rings. The number of nitrogens with one attached hydrogen (secondary N) is 1. The van der Waals surface area contributed by atoms with Crippen molar-refractivity contribution in [2.45, 2.75) is 18.9 Å². The van der Waals surface area contributed by atoms with Gasteiger partial charge in [-0.3, -0.25) is 9.20 Å². The molecule has 6 heteroatoms. The summed E-state index contributed by atoms with van der Waals surface area (Å²) < 4.78 is 7.03. The average Bonchev–Trinajstić information content (AvgIpc) is 3.06. The van der Waals surface area contributed by atoms with Crippen molar-refractivity contribution in [1.29, 1.82) is 0 Å². The normalized spacial score (nSPS) is 14.8. The molecule has 1 N–H and O–H groups in total. The topological polar surface area (TPSA) is 68.5 Å². The molecule has 17 heavy (non-hydrogen) atoms. The lowest BCUT2D eigenvalue weighted by molar-refractivity contribution is -0.123. The number of hydrogen-bond acceptors (Lipinski definition) is 4. The molecule has 1 aliphatic rings. The van der Waals surface area contributed by atoms with E-state index in [1.54, 1.807) is 10.6 Å². The highest BCUT2D eigenvalue weighted by Crippen LogP contribution is 2.18. The van der Waals surface area contributed by atoms with E-state index < -0.39 is 0 Å². The summed E-state index contributed by atoms with van der Waals surface area (Å²) in [6.45, 7) is -0.0216. The van der Waals surface area contributed by atoms with Crippen LogP contribution in [0.25, 0.3) is 5.65 Å². The van der Waals surface area contributed by atoms with E-state index in [-0.39, 0.29) is 12.5 Å². The van der Waals surface area contributed by atoms with Crippen molar-refractivity contribution in [3.05, 3.63) is 24.4 Å². The van der Waals surface area contributed by atoms with Gasteiger partial charge < -0.3 is 10.1 Å². The van der Waals surface area contributed by atoms with Crippen molar-refractivity contribution in [2.24, 2.45) is 0 Å². The Bertz CT molecular complexity index is 547. The first-order chi connectivity index (χ1) is 8.33. The molecule has 0 saturated heterocycles. The van der Waals surface area contributed by atoms with Crippen LogP contribution < -0.4 is 10.1 Å². The van der Waals surface area contributed by atoms with Gasteiger partial charge in [-0.25, -0.2) is 0 Å². The monoisotopic (exact) mass is 232 g/mol. The Hall–Kier alpha value is -2.11. The van der Waals surface area contributed by atoms with Crippen molar-refractivity contribution < 1.29 is 9.53 Å². The van der Waals surface area contributed by atoms with E-state index >= 15 is 0 Å². The Kier molecular flexibility index (Phi) is 2.40. The molecule has 0 aromatic carbocycles. The highest BCUT2D eigenvalue weighted by atomic mass is 16.5. The predicted molar refractivity (Wildman–Crippen MR) is 59.6 cm³/mol. The lowest BCUT2D eigenvalue weighted by Crippen LogP contribution is -2.30. The number of aromatic nitrogens is 3. The number of carbonyl (C=O) groups excluding carboxylic acids is 1. The summed E-state index contributed by atoms with van der Waals surface area (Å²) >= 11 is 0. The number of amides is 1. The second-order valence-corrected chi connectivity index (χ2v) is 4.04. The van der Waals surface area contributed by atoms with Gasteiger partial charge in [-0.1, -0.05) is 11.2 Å². The van der Waals surface area contributed by atoms with Crippen LogP contribution in [0.1, 0.15) is 12.8 Å². The van der Waals surface area contributed by atoms with Gasteiger partial charge in [0.25, 0.3) is 5.91 Å². The number of rotatable bonds is 4. The third kappa shape index (κ3) is 2.20. The fraction of sp³-hybridized carbons (Fsp3) is 0.364. The number of nitrogens with zero attached hydrogens (tertiary/aromatic N) is 3. The maximum absolute atomic E-state index is 11.4. The van der Waals surface area contributed by atoms with E-state index in [0.717, 1.165) is 12.8 Å². The van der Waals surface area contributed by atoms with Crippen LogP contribution in [-0.2, 0) is 4.79 Å². The van der Waals surface area contributed by atoms with E-state index in [1.807, 2.05) is 18.2 Å². The number of pyridine rings is 1. The van der Waals surface area contributed by atoms with E-state index in [4.69, 9.17) is 4.74 Å². The largest absolute Gasteiger partial charge is 0.453 e.